The van der Waals surface area contributed by atoms with E-state index >= 15 is 0 Å². The van der Waals surface area contributed by atoms with Crippen molar-refractivity contribution in [3.8, 4) is 5.75 Å². The molecule has 3 rings (SSSR count). The van der Waals surface area contributed by atoms with Crippen LogP contribution in [0.5, 0.6) is 5.75 Å². The SMILES string of the molecule is CCCNC(=O)[C@H](Cc1ccccc1)N(Cc1ccc(Cl)c(Cl)c1)C(=O)COc1ccc(C)c(C)c1. The molecule has 0 fully saturated rings. The summed E-state index contributed by atoms with van der Waals surface area (Å²) in [5, 5.41) is 3.78. The molecule has 190 valence electrons. The lowest BCUT2D eigenvalue weighted by Crippen LogP contribution is -2.51. The molecule has 3 aromatic rings. The Morgan fingerprint density at radius 2 is 1.67 bits per heavy atom. The standard InChI is InChI=1S/C29H32Cl2N2O3/c1-4-14-32-29(35)27(17-22-8-6-5-7-9-22)33(18-23-11-13-25(30)26(31)16-23)28(34)19-36-24-12-10-20(2)21(3)15-24/h5-13,15-16,27H,4,14,17-19H2,1-3H3,(H,32,35)/t27-/m0/s1. The third kappa shape index (κ3) is 7.74. The molecule has 0 heterocycles. The second-order valence-corrected chi connectivity index (χ2v) is 9.62. The molecule has 0 aliphatic carbocycles. The van der Waals surface area contributed by atoms with Crippen LogP contribution in [0, 0.1) is 13.8 Å². The summed E-state index contributed by atoms with van der Waals surface area (Å²) in [5.41, 5.74) is 3.94. The molecular formula is C29H32Cl2N2O3. The fourth-order valence-corrected chi connectivity index (χ4v) is 4.11. The molecule has 2 amide bonds. The highest BCUT2D eigenvalue weighted by Crippen LogP contribution is 2.24. The Balaban J connectivity index is 1.91. The number of amides is 2. The maximum Gasteiger partial charge on any atom is 0.261 e. The molecule has 5 nitrogen and oxygen atoms in total. The first-order valence-corrected chi connectivity index (χ1v) is 12.8. The topological polar surface area (TPSA) is 58.6 Å². The number of nitrogens with one attached hydrogen (secondary N) is 1. The zero-order valence-corrected chi connectivity index (χ0v) is 22.4. The molecule has 0 aliphatic rings. The molecule has 0 unspecified atom stereocenters. The summed E-state index contributed by atoms with van der Waals surface area (Å²) in [6.45, 7) is 6.51. The quantitative estimate of drug-likeness (QED) is 0.325. The van der Waals surface area contributed by atoms with Crippen molar-refractivity contribution in [1.29, 1.82) is 0 Å². The molecule has 0 spiro atoms. The summed E-state index contributed by atoms with van der Waals surface area (Å²) in [6, 6.07) is 19.9. The van der Waals surface area contributed by atoms with Crippen molar-refractivity contribution >= 4 is 35.0 Å². The summed E-state index contributed by atoms with van der Waals surface area (Å²) < 4.78 is 5.86. The Morgan fingerprint density at radius 3 is 2.33 bits per heavy atom. The predicted octanol–water partition coefficient (Wildman–Crippen LogP) is 6.16. The lowest BCUT2D eigenvalue weighted by atomic mass is 10.0. The Labute approximate surface area is 223 Å². The highest BCUT2D eigenvalue weighted by Gasteiger charge is 2.30. The lowest BCUT2D eigenvalue weighted by Gasteiger charge is -2.31. The van der Waals surface area contributed by atoms with Crippen LogP contribution in [0.3, 0.4) is 0 Å². The fraction of sp³-hybridized carbons (Fsp3) is 0.310. The average Bonchev–Trinajstić information content (AvgIpc) is 2.87. The van der Waals surface area contributed by atoms with E-state index in [9.17, 15) is 9.59 Å². The van der Waals surface area contributed by atoms with Gasteiger partial charge in [0.15, 0.2) is 6.61 Å². The van der Waals surface area contributed by atoms with Crippen LogP contribution in [0.15, 0.2) is 66.7 Å². The van der Waals surface area contributed by atoms with E-state index < -0.39 is 6.04 Å². The van der Waals surface area contributed by atoms with Gasteiger partial charge in [-0.1, -0.05) is 72.6 Å². The van der Waals surface area contributed by atoms with Crippen LogP contribution in [0.4, 0.5) is 0 Å². The minimum atomic E-state index is -0.732. The largest absolute Gasteiger partial charge is 0.484 e. The van der Waals surface area contributed by atoms with E-state index in [4.69, 9.17) is 27.9 Å². The monoisotopic (exact) mass is 526 g/mol. The Morgan fingerprint density at radius 1 is 0.917 bits per heavy atom. The molecule has 0 aromatic heterocycles. The molecular weight excluding hydrogens is 495 g/mol. The maximum absolute atomic E-state index is 13.6. The Bertz CT molecular complexity index is 1180. The van der Waals surface area contributed by atoms with Gasteiger partial charge in [0, 0.05) is 19.5 Å². The highest BCUT2D eigenvalue weighted by atomic mass is 35.5. The van der Waals surface area contributed by atoms with Gasteiger partial charge < -0.3 is 15.0 Å². The van der Waals surface area contributed by atoms with Crippen molar-refractivity contribution in [3.05, 3.63) is 99.0 Å². The minimum absolute atomic E-state index is 0.184. The van der Waals surface area contributed by atoms with E-state index in [1.54, 1.807) is 17.0 Å². The van der Waals surface area contributed by atoms with E-state index in [0.717, 1.165) is 28.7 Å². The van der Waals surface area contributed by atoms with Crippen LogP contribution in [-0.2, 0) is 22.6 Å². The van der Waals surface area contributed by atoms with Crippen LogP contribution in [0.1, 0.15) is 35.6 Å². The third-order valence-electron chi connectivity index (χ3n) is 6.00. The second-order valence-electron chi connectivity index (χ2n) is 8.80. The zero-order chi connectivity index (χ0) is 26.1. The summed E-state index contributed by atoms with van der Waals surface area (Å²) in [4.78, 5) is 28.5. The maximum atomic E-state index is 13.6. The summed E-state index contributed by atoms with van der Waals surface area (Å²) >= 11 is 12.3. The molecule has 1 N–H and O–H groups in total. The van der Waals surface area contributed by atoms with Crippen molar-refractivity contribution in [2.45, 2.75) is 46.2 Å². The van der Waals surface area contributed by atoms with Crippen molar-refractivity contribution in [1.82, 2.24) is 10.2 Å². The van der Waals surface area contributed by atoms with Gasteiger partial charge in [0.25, 0.3) is 5.91 Å². The van der Waals surface area contributed by atoms with Gasteiger partial charge in [0.1, 0.15) is 11.8 Å². The predicted molar refractivity (Wildman–Crippen MR) is 146 cm³/mol. The molecule has 3 aromatic carbocycles. The number of nitrogens with zero attached hydrogens (tertiary/aromatic N) is 1. The lowest BCUT2D eigenvalue weighted by molar-refractivity contribution is -0.142. The van der Waals surface area contributed by atoms with Gasteiger partial charge in [-0.05, 0) is 66.8 Å². The number of hydrogen-bond donors (Lipinski definition) is 1. The van der Waals surface area contributed by atoms with E-state index in [0.29, 0.717) is 28.8 Å². The van der Waals surface area contributed by atoms with Gasteiger partial charge in [0.05, 0.1) is 10.0 Å². The van der Waals surface area contributed by atoms with Crippen LogP contribution in [0.2, 0.25) is 10.0 Å². The van der Waals surface area contributed by atoms with Crippen molar-refractivity contribution < 1.29 is 14.3 Å². The van der Waals surface area contributed by atoms with Crippen LogP contribution < -0.4 is 10.1 Å². The Hall–Kier alpha value is -3.02. The molecule has 0 bridgehead atoms. The number of halogens is 2. The van der Waals surface area contributed by atoms with Gasteiger partial charge in [-0.3, -0.25) is 9.59 Å². The van der Waals surface area contributed by atoms with Gasteiger partial charge in [-0.15, -0.1) is 0 Å². The number of ether oxygens (including phenoxy) is 1. The zero-order valence-electron chi connectivity index (χ0n) is 20.9. The molecule has 0 radical (unpaired) electrons. The second kappa shape index (κ2) is 13.3. The summed E-state index contributed by atoms with van der Waals surface area (Å²) in [6.07, 6.45) is 1.16. The minimum Gasteiger partial charge on any atom is -0.484 e. The summed E-state index contributed by atoms with van der Waals surface area (Å²) in [5.74, 6) is 0.100. The molecule has 36 heavy (non-hydrogen) atoms. The Kier molecular flexibility index (Phi) is 10.2. The smallest absolute Gasteiger partial charge is 0.261 e. The van der Waals surface area contributed by atoms with Crippen LogP contribution >= 0.6 is 23.2 Å². The number of carbonyl (C=O) groups is 2. The van der Waals surface area contributed by atoms with Gasteiger partial charge in [-0.2, -0.15) is 0 Å². The highest BCUT2D eigenvalue weighted by molar-refractivity contribution is 6.42. The van der Waals surface area contributed by atoms with Crippen molar-refractivity contribution in [3.63, 3.8) is 0 Å². The number of hydrogen-bond acceptors (Lipinski definition) is 3. The first kappa shape index (κ1) is 27.6. The third-order valence-corrected chi connectivity index (χ3v) is 6.74. The average molecular weight is 527 g/mol. The van der Waals surface area contributed by atoms with Crippen molar-refractivity contribution in [2.75, 3.05) is 13.2 Å². The molecule has 0 aliphatic heterocycles. The molecule has 7 heteroatoms. The molecule has 1 atom stereocenters. The van der Waals surface area contributed by atoms with Crippen LogP contribution in [-0.4, -0.2) is 35.9 Å². The fourth-order valence-electron chi connectivity index (χ4n) is 3.79. The number of rotatable bonds is 11. The van der Waals surface area contributed by atoms with E-state index in [-0.39, 0.29) is 25.0 Å². The van der Waals surface area contributed by atoms with Crippen LogP contribution in [0.25, 0.3) is 0 Å². The van der Waals surface area contributed by atoms with Gasteiger partial charge >= 0.3 is 0 Å². The van der Waals surface area contributed by atoms with Gasteiger partial charge in [-0.25, -0.2) is 0 Å². The van der Waals surface area contributed by atoms with Crippen molar-refractivity contribution in [2.24, 2.45) is 0 Å². The van der Waals surface area contributed by atoms with E-state index in [2.05, 4.69) is 5.32 Å². The first-order valence-electron chi connectivity index (χ1n) is 12.0. The number of benzene rings is 3. The normalized spacial score (nSPS) is 11.6. The number of carbonyl (C=O) groups excluding carboxylic acids is 2. The molecule has 0 saturated heterocycles. The van der Waals surface area contributed by atoms with E-state index in [1.807, 2.05) is 75.4 Å². The molecule has 0 saturated carbocycles. The first-order chi connectivity index (χ1) is 17.3. The van der Waals surface area contributed by atoms with Gasteiger partial charge in [0.2, 0.25) is 5.91 Å². The number of aryl methyl sites for hydroxylation is 2. The van der Waals surface area contributed by atoms with E-state index in [1.165, 1.54) is 0 Å². The summed E-state index contributed by atoms with van der Waals surface area (Å²) in [7, 11) is 0.